The van der Waals surface area contributed by atoms with Gasteiger partial charge in [-0.05, 0) is 24.1 Å². The maximum Gasteiger partial charge on any atom is 0.225 e. The van der Waals surface area contributed by atoms with Crippen molar-refractivity contribution in [2.75, 3.05) is 19.7 Å². The van der Waals surface area contributed by atoms with E-state index in [4.69, 9.17) is 4.74 Å². The monoisotopic (exact) mass is 403 g/mol. The van der Waals surface area contributed by atoms with Gasteiger partial charge in [-0.2, -0.15) is 0 Å². The number of nitrogens with zero attached hydrogens (tertiary/aromatic N) is 2. The van der Waals surface area contributed by atoms with E-state index in [0.29, 0.717) is 32.7 Å². The highest BCUT2D eigenvalue weighted by atomic mass is 16.5. The number of pyridine rings is 1. The van der Waals surface area contributed by atoms with E-state index in [1.807, 2.05) is 60.7 Å². The Morgan fingerprint density at radius 3 is 2.80 bits per heavy atom. The summed E-state index contributed by atoms with van der Waals surface area (Å²) in [6, 6.07) is 19.6. The molecule has 0 spiro atoms. The summed E-state index contributed by atoms with van der Waals surface area (Å²) in [6.07, 6.45) is 2.71. The van der Waals surface area contributed by atoms with Crippen LogP contribution in [0.25, 0.3) is 10.9 Å². The smallest absolute Gasteiger partial charge is 0.225 e. The molecule has 1 aromatic heterocycles. The Kier molecular flexibility index (Phi) is 6.23. The zero-order chi connectivity index (χ0) is 20.8. The predicted molar refractivity (Wildman–Crippen MR) is 115 cm³/mol. The van der Waals surface area contributed by atoms with E-state index in [2.05, 4.69) is 10.3 Å². The summed E-state index contributed by atoms with van der Waals surface area (Å²) < 4.78 is 5.85. The van der Waals surface area contributed by atoms with Crippen molar-refractivity contribution < 1.29 is 14.3 Å². The van der Waals surface area contributed by atoms with Crippen molar-refractivity contribution in [1.29, 1.82) is 0 Å². The fourth-order valence-corrected chi connectivity index (χ4v) is 3.71. The second kappa shape index (κ2) is 9.39. The zero-order valence-corrected chi connectivity index (χ0v) is 16.8. The Morgan fingerprint density at radius 1 is 1.10 bits per heavy atom. The number of fused-ring (bicyclic) bond motifs is 1. The minimum atomic E-state index is -0.288. The number of carbonyl (C=O) groups is 2. The van der Waals surface area contributed by atoms with Crippen LogP contribution in [-0.4, -0.2) is 41.4 Å². The van der Waals surface area contributed by atoms with E-state index in [9.17, 15) is 9.59 Å². The SMILES string of the molecule is O=C(NCCCOc1cccc2cccnc12)C1CC(=O)N(Cc2ccccc2)C1. The maximum atomic E-state index is 12.5. The van der Waals surface area contributed by atoms with Gasteiger partial charge < -0.3 is 15.0 Å². The molecule has 2 aromatic carbocycles. The van der Waals surface area contributed by atoms with Gasteiger partial charge in [-0.25, -0.2) is 0 Å². The molecule has 1 atom stereocenters. The molecule has 6 nitrogen and oxygen atoms in total. The van der Waals surface area contributed by atoms with Crippen LogP contribution in [0.2, 0.25) is 0 Å². The third-order valence-electron chi connectivity index (χ3n) is 5.28. The van der Waals surface area contributed by atoms with E-state index in [1.54, 1.807) is 11.1 Å². The third-order valence-corrected chi connectivity index (χ3v) is 5.28. The quantitative estimate of drug-likeness (QED) is 0.587. The first-order valence-corrected chi connectivity index (χ1v) is 10.3. The Balaban J connectivity index is 1.20. The molecule has 1 aliphatic rings. The van der Waals surface area contributed by atoms with Crippen molar-refractivity contribution in [3.05, 3.63) is 72.4 Å². The molecule has 4 rings (SSSR count). The maximum absolute atomic E-state index is 12.5. The molecule has 0 aliphatic carbocycles. The number of aromatic nitrogens is 1. The first-order chi connectivity index (χ1) is 14.7. The summed E-state index contributed by atoms with van der Waals surface area (Å²) in [5.41, 5.74) is 1.92. The van der Waals surface area contributed by atoms with Crippen molar-refractivity contribution in [3.63, 3.8) is 0 Å². The molecule has 1 aliphatic heterocycles. The van der Waals surface area contributed by atoms with Gasteiger partial charge in [-0.15, -0.1) is 0 Å². The van der Waals surface area contributed by atoms with Gasteiger partial charge in [0.05, 0.1) is 12.5 Å². The predicted octanol–water partition coefficient (Wildman–Crippen LogP) is 3.17. The van der Waals surface area contributed by atoms with Crippen LogP contribution in [0, 0.1) is 5.92 Å². The summed E-state index contributed by atoms with van der Waals surface area (Å²) in [4.78, 5) is 30.8. The highest BCUT2D eigenvalue weighted by Crippen LogP contribution is 2.23. The van der Waals surface area contributed by atoms with Gasteiger partial charge in [0.2, 0.25) is 11.8 Å². The normalized spacial score (nSPS) is 16.1. The van der Waals surface area contributed by atoms with Crippen LogP contribution in [-0.2, 0) is 16.1 Å². The molecule has 0 saturated carbocycles. The highest BCUT2D eigenvalue weighted by molar-refractivity contribution is 5.89. The molecule has 1 fully saturated rings. The molecule has 0 radical (unpaired) electrons. The van der Waals surface area contributed by atoms with Crippen LogP contribution in [0.15, 0.2) is 66.9 Å². The molecule has 6 heteroatoms. The van der Waals surface area contributed by atoms with Crippen molar-refractivity contribution in [2.45, 2.75) is 19.4 Å². The summed E-state index contributed by atoms with van der Waals surface area (Å²) in [6.45, 7) is 2.02. The lowest BCUT2D eigenvalue weighted by molar-refractivity contribution is -0.129. The minimum Gasteiger partial charge on any atom is -0.491 e. The summed E-state index contributed by atoms with van der Waals surface area (Å²) in [5.74, 6) is 0.429. The molecule has 30 heavy (non-hydrogen) atoms. The Bertz CT molecular complexity index is 1020. The molecule has 1 unspecified atom stereocenters. The molecule has 0 bridgehead atoms. The van der Waals surface area contributed by atoms with E-state index < -0.39 is 0 Å². The lowest BCUT2D eigenvalue weighted by Gasteiger charge is -2.16. The second-order valence-corrected chi connectivity index (χ2v) is 7.49. The van der Waals surface area contributed by atoms with Gasteiger partial charge in [0.1, 0.15) is 11.3 Å². The number of ether oxygens (including phenoxy) is 1. The van der Waals surface area contributed by atoms with Gasteiger partial charge in [-0.1, -0.05) is 48.5 Å². The number of amides is 2. The van der Waals surface area contributed by atoms with Crippen LogP contribution in [0.4, 0.5) is 0 Å². The molecule has 3 aromatic rings. The lowest BCUT2D eigenvalue weighted by Crippen LogP contribution is -2.33. The summed E-state index contributed by atoms with van der Waals surface area (Å²) in [5, 5.41) is 3.98. The number of nitrogens with one attached hydrogen (secondary N) is 1. The Hall–Kier alpha value is -3.41. The molecule has 154 valence electrons. The van der Waals surface area contributed by atoms with E-state index in [0.717, 1.165) is 22.2 Å². The largest absolute Gasteiger partial charge is 0.491 e. The molecule has 2 heterocycles. The molecule has 2 amide bonds. The second-order valence-electron chi connectivity index (χ2n) is 7.49. The van der Waals surface area contributed by atoms with E-state index in [-0.39, 0.29) is 24.2 Å². The number of carbonyl (C=O) groups excluding carboxylic acids is 2. The first kappa shape index (κ1) is 19.9. The fraction of sp³-hybridized carbons (Fsp3) is 0.292. The number of rotatable bonds is 8. The van der Waals surface area contributed by atoms with Gasteiger partial charge >= 0.3 is 0 Å². The van der Waals surface area contributed by atoms with Crippen LogP contribution in [0.1, 0.15) is 18.4 Å². The number of para-hydroxylation sites is 1. The van der Waals surface area contributed by atoms with Crippen LogP contribution in [0.3, 0.4) is 0 Å². The van der Waals surface area contributed by atoms with Gasteiger partial charge in [0.25, 0.3) is 0 Å². The van der Waals surface area contributed by atoms with Crippen LogP contribution < -0.4 is 10.1 Å². The average molecular weight is 403 g/mol. The lowest BCUT2D eigenvalue weighted by atomic mass is 10.1. The summed E-state index contributed by atoms with van der Waals surface area (Å²) in [7, 11) is 0. The molecular weight excluding hydrogens is 378 g/mol. The first-order valence-electron chi connectivity index (χ1n) is 10.3. The van der Waals surface area contributed by atoms with Crippen molar-refractivity contribution in [1.82, 2.24) is 15.2 Å². The van der Waals surface area contributed by atoms with Gasteiger partial charge in [0, 0.05) is 37.6 Å². The number of benzene rings is 2. The molecular formula is C24H25N3O3. The zero-order valence-electron chi connectivity index (χ0n) is 16.8. The topological polar surface area (TPSA) is 71.5 Å². The number of hydrogen-bond donors (Lipinski definition) is 1. The van der Waals surface area contributed by atoms with E-state index >= 15 is 0 Å². The number of hydrogen-bond acceptors (Lipinski definition) is 4. The average Bonchev–Trinajstić information content (AvgIpc) is 3.14. The third kappa shape index (κ3) is 4.76. The highest BCUT2D eigenvalue weighted by Gasteiger charge is 2.33. The van der Waals surface area contributed by atoms with Gasteiger partial charge in [0.15, 0.2) is 0 Å². The minimum absolute atomic E-state index is 0.0331. The van der Waals surface area contributed by atoms with Crippen LogP contribution in [0.5, 0.6) is 5.75 Å². The standard InChI is InChI=1S/C24H25N3O3/c28-22-15-20(17-27(22)16-18-7-2-1-3-8-18)24(29)26-13-6-14-30-21-11-4-9-19-10-5-12-25-23(19)21/h1-5,7-12,20H,6,13-17H2,(H,26,29). The Morgan fingerprint density at radius 2 is 1.93 bits per heavy atom. The van der Waals surface area contributed by atoms with E-state index in [1.165, 1.54) is 0 Å². The van der Waals surface area contributed by atoms with Crippen molar-refractivity contribution >= 4 is 22.7 Å². The molecule has 1 N–H and O–H groups in total. The van der Waals surface area contributed by atoms with Crippen LogP contribution >= 0.6 is 0 Å². The number of likely N-dealkylation sites (tertiary alicyclic amines) is 1. The Labute approximate surface area is 175 Å². The van der Waals surface area contributed by atoms with Gasteiger partial charge in [-0.3, -0.25) is 14.6 Å². The summed E-state index contributed by atoms with van der Waals surface area (Å²) >= 11 is 0. The van der Waals surface area contributed by atoms with Crippen molar-refractivity contribution in [2.24, 2.45) is 5.92 Å². The van der Waals surface area contributed by atoms with Crippen molar-refractivity contribution in [3.8, 4) is 5.75 Å². The molecule has 1 saturated heterocycles. The fourth-order valence-electron chi connectivity index (χ4n) is 3.71.